The first kappa shape index (κ1) is 12.6. The molecule has 0 bridgehead atoms. The number of aromatic amines is 1. The molecule has 0 aliphatic carbocycles. The van der Waals surface area contributed by atoms with Crippen LogP contribution in [0.3, 0.4) is 0 Å². The summed E-state index contributed by atoms with van der Waals surface area (Å²) >= 11 is 0. The van der Waals surface area contributed by atoms with Crippen molar-refractivity contribution >= 4 is 21.3 Å². The number of rotatable bonds is 4. The average Bonchev–Trinajstić information content (AvgIpc) is 2.57. The zero-order valence-corrected chi connectivity index (χ0v) is 10.7. The van der Waals surface area contributed by atoms with E-state index in [0.29, 0.717) is 11.5 Å². The van der Waals surface area contributed by atoms with Gasteiger partial charge in [-0.3, -0.25) is 0 Å². The first-order valence-corrected chi connectivity index (χ1v) is 7.30. The van der Waals surface area contributed by atoms with Crippen LogP contribution >= 0.6 is 0 Å². The van der Waals surface area contributed by atoms with E-state index in [1.165, 1.54) is 6.26 Å². The predicted molar refractivity (Wildman–Crippen MR) is 66.4 cm³/mol. The maximum Gasteiger partial charge on any atom is 0.364 e. The van der Waals surface area contributed by atoms with Gasteiger partial charge in [-0.2, -0.15) is 9.61 Å². The van der Waals surface area contributed by atoms with Crippen LogP contribution in [0.15, 0.2) is 16.9 Å². The largest absolute Gasteiger partial charge is 0.365 e. The normalized spacial score (nSPS) is 13.7. The number of sulfone groups is 1. The van der Waals surface area contributed by atoms with E-state index in [0.717, 1.165) is 4.52 Å². The molecular formula is C9H13N5O3S. The molecule has 0 fully saturated rings. The van der Waals surface area contributed by atoms with Crippen molar-refractivity contribution in [2.75, 3.05) is 17.3 Å². The molecule has 0 radical (unpaired) electrons. The van der Waals surface area contributed by atoms with E-state index in [2.05, 4.69) is 20.6 Å². The fraction of sp³-hybridized carbons (Fsp3) is 0.444. The fourth-order valence-corrected chi connectivity index (χ4v) is 2.62. The van der Waals surface area contributed by atoms with Crippen LogP contribution in [-0.2, 0) is 9.84 Å². The summed E-state index contributed by atoms with van der Waals surface area (Å²) in [6.07, 6.45) is 1.17. The molecule has 1 atom stereocenters. The Morgan fingerprint density at radius 2 is 2.22 bits per heavy atom. The Balaban J connectivity index is 2.21. The molecule has 0 aliphatic rings. The molecule has 2 aromatic rings. The number of hydrogen-bond donors (Lipinski definition) is 2. The number of hydrogen-bond acceptors (Lipinski definition) is 6. The first-order chi connectivity index (χ1) is 8.35. The summed E-state index contributed by atoms with van der Waals surface area (Å²) in [5, 5.41) is 12.9. The van der Waals surface area contributed by atoms with Crippen molar-refractivity contribution in [2.24, 2.45) is 0 Å². The lowest BCUT2D eigenvalue weighted by atomic mass is 10.4. The van der Waals surface area contributed by atoms with Crippen molar-refractivity contribution in [3.05, 3.63) is 22.6 Å². The molecule has 0 saturated heterocycles. The summed E-state index contributed by atoms with van der Waals surface area (Å²) in [5.74, 6) is 0.412. The van der Waals surface area contributed by atoms with Crippen LogP contribution in [-0.4, -0.2) is 46.3 Å². The molecule has 18 heavy (non-hydrogen) atoms. The van der Waals surface area contributed by atoms with Gasteiger partial charge in [0.25, 0.3) is 0 Å². The second-order valence-corrected chi connectivity index (χ2v) is 6.34. The van der Waals surface area contributed by atoms with E-state index in [9.17, 15) is 13.2 Å². The summed E-state index contributed by atoms with van der Waals surface area (Å²) in [5.41, 5.74) is -0.0364. The SMILES string of the molecule is CC(CS(C)(=O)=O)Nc1ccc2n[nH]c(=O)n2n1. The van der Waals surface area contributed by atoms with Crippen LogP contribution in [0.25, 0.3) is 5.65 Å². The highest BCUT2D eigenvalue weighted by atomic mass is 32.2. The van der Waals surface area contributed by atoms with Crippen molar-refractivity contribution in [1.29, 1.82) is 0 Å². The molecule has 2 aromatic heterocycles. The molecule has 98 valence electrons. The zero-order valence-electron chi connectivity index (χ0n) is 9.91. The van der Waals surface area contributed by atoms with Gasteiger partial charge in [0.15, 0.2) is 5.65 Å². The van der Waals surface area contributed by atoms with Crippen molar-refractivity contribution in [1.82, 2.24) is 19.8 Å². The molecule has 0 aromatic carbocycles. The van der Waals surface area contributed by atoms with Crippen molar-refractivity contribution in [3.8, 4) is 0 Å². The Bertz CT molecular complexity index is 717. The molecule has 2 N–H and O–H groups in total. The van der Waals surface area contributed by atoms with Crippen LogP contribution in [0.2, 0.25) is 0 Å². The van der Waals surface area contributed by atoms with E-state index in [1.807, 2.05) is 0 Å². The Morgan fingerprint density at radius 3 is 2.89 bits per heavy atom. The third kappa shape index (κ3) is 2.86. The quantitative estimate of drug-likeness (QED) is 0.758. The molecule has 8 nitrogen and oxygen atoms in total. The molecule has 2 heterocycles. The number of nitrogens with one attached hydrogen (secondary N) is 2. The Labute approximate surface area is 103 Å². The van der Waals surface area contributed by atoms with Crippen LogP contribution in [0.5, 0.6) is 0 Å². The number of fused-ring (bicyclic) bond motifs is 1. The summed E-state index contributed by atoms with van der Waals surface area (Å²) in [7, 11) is -3.06. The molecule has 0 saturated carbocycles. The van der Waals surface area contributed by atoms with E-state index < -0.39 is 15.5 Å². The van der Waals surface area contributed by atoms with Crippen molar-refractivity contribution in [3.63, 3.8) is 0 Å². The van der Waals surface area contributed by atoms with E-state index >= 15 is 0 Å². The predicted octanol–water partition coefficient (Wildman–Crippen LogP) is -0.737. The molecule has 0 amide bonds. The van der Waals surface area contributed by atoms with Gasteiger partial charge in [0, 0.05) is 12.3 Å². The highest BCUT2D eigenvalue weighted by Gasteiger charge is 2.11. The summed E-state index contributed by atoms with van der Waals surface area (Å²) < 4.78 is 23.4. The smallest absolute Gasteiger partial charge is 0.364 e. The van der Waals surface area contributed by atoms with Gasteiger partial charge in [-0.1, -0.05) is 0 Å². The second kappa shape index (κ2) is 4.41. The number of nitrogens with zero attached hydrogens (tertiary/aromatic N) is 3. The molecule has 2 rings (SSSR count). The fourth-order valence-electron chi connectivity index (χ4n) is 1.63. The average molecular weight is 271 g/mol. The van der Waals surface area contributed by atoms with Crippen molar-refractivity contribution < 1.29 is 8.42 Å². The van der Waals surface area contributed by atoms with Gasteiger partial charge >= 0.3 is 5.69 Å². The van der Waals surface area contributed by atoms with E-state index in [-0.39, 0.29) is 11.8 Å². The second-order valence-electron chi connectivity index (χ2n) is 4.16. The lowest BCUT2D eigenvalue weighted by Crippen LogP contribution is -2.26. The maximum atomic E-state index is 11.3. The monoisotopic (exact) mass is 271 g/mol. The number of anilines is 1. The van der Waals surface area contributed by atoms with Gasteiger partial charge in [-0.25, -0.2) is 18.3 Å². The van der Waals surface area contributed by atoms with Gasteiger partial charge < -0.3 is 5.32 Å². The molecule has 0 aliphatic heterocycles. The Morgan fingerprint density at radius 1 is 1.50 bits per heavy atom. The number of H-pyrrole nitrogens is 1. The zero-order chi connectivity index (χ0) is 13.3. The van der Waals surface area contributed by atoms with Crippen LogP contribution in [0.1, 0.15) is 6.92 Å². The van der Waals surface area contributed by atoms with Crippen molar-refractivity contribution in [2.45, 2.75) is 13.0 Å². The van der Waals surface area contributed by atoms with E-state index in [4.69, 9.17) is 0 Å². The lowest BCUT2D eigenvalue weighted by molar-refractivity contribution is 0.597. The Kier molecular flexibility index (Phi) is 3.07. The van der Waals surface area contributed by atoms with Gasteiger partial charge in [0.05, 0.1) is 5.75 Å². The van der Waals surface area contributed by atoms with Crippen LogP contribution < -0.4 is 11.0 Å². The molecule has 1 unspecified atom stereocenters. The third-order valence-electron chi connectivity index (χ3n) is 2.22. The lowest BCUT2D eigenvalue weighted by Gasteiger charge is -2.12. The molecule has 9 heteroatoms. The highest BCUT2D eigenvalue weighted by Crippen LogP contribution is 2.05. The van der Waals surface area contributed by atoms with E-state index in [1.54, 1.807) is 19.1 Å². The van der Waals surface area contributed by atoms with Crippen LogP contribution in [0, 0.1) is 0 Å². The summed E-state index contributed by atoms with van der Waals surface area (Å²) in [6.45, 7) is 1.73. The minimum atomic E-state index is -3.06. The molecular weight excluding hydrogens is 258 g/mol. The highest BCUT2D eigenvalue weighted by molar-refractivity contribution is 7.90. The standard InChI is InChI=1S/C9H13N5O3S/c1-6(5-18(2,16)17)10-7-3-4-8-11-12-9(15)14(8)13-7/h3-4,6H,5H2,1-2H3,(H,10,13)(H,12,15). The Hall–Kier alpha value is -1.90. The van der Waals surface area contributed by atoms with Crippen LogP contribution in [0.4, 0.5) is 5.82 Å². The van der Waals surface area contributed by atoms with Gasteiger partial charge in [0.2, 0.25) is 0 Å². The van der Waals surface area contributed by atoms with Gasteiger partial charge in [0.1, 0.15) is 15.7 Å². The maximum absolute atomic E-state index is 11.3. The third-order valence-corrected chi connectivity index (χ3v) is 3.33. The topological polar surface area (TPSA) is 109 Å². The number of aromatic nitrogens is 4. The minimum Gasteiger partial charge on any atom is -0.365 e. The minimum absolute atomic E-state index is 0.00694. The first-order valence-electron chi connectivity index (χ1n) is 5.24. The van der Waals surface area contributed by atoms with Gasteiger partial charge in [-0.05, 0) is 19.1 Å². The summed E-state index contributed by atoms with van der Waals surface area (Å²) in [6, 6.07) is 2.95. The summed E-state index contributed by atoms with van der Waals surface area (Å²) in [4.78, 5) is 11.3. The van der Waals surface area contributed by atoms with Gasteiger partial charge in [-0.15, -0.1) is 5.10 Å². The molecule has 0 spiro atoms.